The van der Waals surface area contributed by atoms with Gasteiger partial charge in [0.15, 0.2) is 5.76 Å². The number of oxazole rings is 1. The molecule has 2 rings (SSSR count). The number of rotatable bonds is 2. The zero-order valence-electron chi connectivity index (χ0n) is 7.51. The van der Waals surface area contributed by atoms with Crippen LogP contribution in [-0.2, 0) is 5.88 Å². The summed E-state index contributed by atoms with van der Waals surface area (Å²) in [4.78, 5) is 4.06. The summed E-state index contributed by atoms with van der Waals surface area (Å²) in [5.74, 6) is 1.59. The third kappa shape index (κ3) is 2.54. The minimum atomic E-state index is 0.296. The molecule has 0 fully saturated rings. The molecule has 0 spiro atoms. The molecule has 1 aromatic heterocycles. The average molecular weight is 398 g/mol. The van der Waals surface area contributed by atoms with Crippen molar-refractivity contribution >= 4 is 50.1 Å². The lowest BCUT2D eigenvalue weighted by atomic mass is 10.2. The van der Waals surface area contributed by atoms with Crippen molar-refractivity contribution in [2.24, 2.45) is 0 Å². The van der Waals surface area contributed by atoms with E-state index in [-0.39, 0.29) is 0 Å². The van der Waals surface area contributed by atoms with Crippen LogP contribution in [0.3, 0.4) is 0 Å². The Labute approximate surface area is 114 Å². The Balaban J connectivity index is 2.48. The molecule has 5 heteroatoms. The van der Waals surface area contributed by atoms with Gasteiger partial charge in [-0.3, -0.25) is 0 Å². The van der Waals surface area contributed by atoms with Gasteiger partial charge < -0.3 is 4.42 Å². The van der Waals surface area contributed by atoms with Crippen molar-refractivity contribution in [3.63, 3.8) is 0 Å². The van der Waals surface area contributed by atoms with Crippen LogP contribution in [0, 0.1) is 3.57 Å². The Morgan fingerprint density at radius 3 is 2.93 bits per heavy atom. The van der Waals surface area contributed by atoms with Gasteiger partial charge in [-0.2, -0.15) is 0 Å². The topological polar surface area (TPSA) is 26.0 Å². The van der Waals surface area contributed by atoms with Crippen molar-refractivity contribution in [1.82, 2.24) is 4.98 Å². The fourth-order valence-electron chi connectivity index (χ4n) is 1.18. The van der Waals surface area contributed by atoms with Gasteiger partial charge in [0.2, 0.25) is 5.89 Å². The maximum Gasteiger partial charge on any atom is 0.209 e. The van der Waals surface area contributed by atoms with Crippen LogP contribution in [0.4, 0.5) is 0 Å². The molecule has 0 aliphatic heterocycles. The highest BCUT2D eigenvalue weighted by atomic mass is 127. The molecule has 0 bridgehead atoms. The van der Waals surface area contributed by atoms with Crippen LogP contribution >= 0.6 is 50.1 Å². The van der Waals surface area contributed by atoms with Crippen molar-refractivity contribution in [1.29, 1.82) is 0 Å². The summed E-state index contributed by atoms with van der Waals surface area (Å²) in [6.07, 6.45) is 1.70. The van der Waals surface area contributed by atoms with Crippen molar-refractivity contribution < 1.29 is 4.42 Å². The lowest BCUT2D eigenvalue weighted by Crippen LogP contribution is -1.80. The Morgan fingerprint density at radius 2 is 2.27 bits per heavy atom. The fourth-order valence-corrected chi connectivity index (χ4v) is 2.27. The second-order valence-electron chi connectivity index (χ2n) is 2.88. The first-order chi connectivity index (χ1) is 7.20. The average Bonchev–Trinajstić information content (AvgIpc) is 2.70. The van der Waals surface area contributed by atoms with Crippen LogP contribution in [0.15, 0.2) is 33.3 Å². The molecule has 2 nitrogen and oxygen atoms in total. The maximum atomic E-state index is 5.63. The highest BCUT2D eigenvalue weighted by Gasteiger charge is 2.09. The summed E-state index contributed by atoms with van der Waals surface area (Å²) in [6, 6.07) is 6.01. The van der Waals surface area contributed by atoms with E-state index in [1.165, 1.54) is 0 Å². The van der Waals surface area contributed by atoms with Crippen molar-refractivity contribution in [2.45, 2.75) is 5.88 Å². The SMILES string of the molecule is ClCc1ncc(-c2cc(Br)ccc2I)o1. The first kappa shape index (κ1) is 11.4. The standard InChI is InChI=1S/C10H6BrClINO/c11-6-1-2-8(13)7(3-6)9-5-14-10(4-12)15-9/h1-3,5H,4H2. The molecule has 2 aromatic rings. The van der Waals surface area contributed by atoms with E-state index in [0.29, 0.717) is 11.8 Å². The van der Waals surface area contributed by atoms with Gasteiger partial charge in [-0.25, -0.2) is 4.98 Å². The molecular weight excluding hydrogens is 392 g/mol. The molecular formula is C10H6BrClINO. The van der Waals surface area contributed by atoms with Crippen LogP contribution < -0.4 is 0 Å². The Kier molecular flexibility index (Phi) is 3.69. The molecule has 1 aromatic carbocycles. The molecule has 0 aliphatic carbocycles. The second-order valence-corrected chi connectivity index (χ2v) is 5.22. The Bertz CT molecular complexity index is 486. The summed E-state index contributed by atoms with van der Waals surface area (Å²) in [5, 5.41) is 0. The van der Waals surface area contributed by atoms with Gasteiger partial charge in [-0.05, 0) is 40.8 Å². The lowest BCUT2D eigenvalue weighted by Gasteiger charge is -2.00. The number of hydrogen-bond donors (Lipinski definition) is 0. The van der Waals surface area contributed by atoms with E-state index in [9.17, 15) is 0 Å². The van der Waals surface area contributed by atoms with Gasteiger partial charge in [0.25, 0.3) is 0 Å². The number of hydrogen-bond acceptors (Lipinski definition) is 2. The van der Waals surface area contributed by atoms with Gasteiger partial charge in [0.1, 0.15) is 0 Å². The minimum absolute atomic E-state index is 0.296. The quantitative estimate of drug-likeness (QED) is 0.552. The predicted octanol–water partition coefficient (Wildman–Crippen LogP) is 4.45. The molecule has 0 amide bonds. The molecule has 0 atom stereocenters. The van der Waals surface area contributed by atoms with Gasteiger partial charge in [-0.15, -0.1) is 11.6 Å². The van der Waals surface area contributed by atoms with E-state index < -0.39 is 0 Å². The monoisotopic (exact) mass is 397 g/mol. The molecule has 0 aliphatic rings. The molecule has 0 saturated carbocycles. The van der Waals surface area contributed by atoms with E-state index in [4.69, 9.17) is 16.0 Å². The number of alkyl halides is 1. The van der Waals surface area contributed by atoms with Gasteiger partial charge in [0.05, 0.1) is 12.1 Å². The second kappa shape index (κ2) is 4.84. The lowest BCUT2D eigenvalue weighted by molar-refractivity contribution is 0.528. The number of halogens is 3. The minimum Gasteiger partial charge on any atom is -0.439 e. The third-order valence-electron chi connectivity index (χ3n) is 1.86. The first-order valence-corrected chi connectivity index (χ1v) is 6.57. The molecule has 0 saturated heterocycles. The fraction of sp³-hybridized carbons (Fsp3) is 0.100. The van der Waals surface area contributed by atoms with Gasteiger partial charge in [0, 0.05) is 13.6 Å². The van der Waals surface area contributed by atoms with E-state index in [0.717, 1.165) is 19.4 Å². The smallest absolute Gasteiger partial charge is 0.209 e. The van der Waals surface area contributed by atoms with E-state index in [1.54, 1.807) is 6.20 Å². The van der Waals surface area contributed by atoms with Gasteiger partial charge in [-0.1, -0.05) is 15.9 Å². The van der Waals surface area contributed by atoms with Crippen LogP contribution in [0.5, 0.6) is 0 Å². The number of benzene rings is 1. The van der Waals surface area contributed by atoms with Crippen molar-refractivity contribution in [2.75, 3.05) is 0 Å². The van der Waals surface area contributed by atoms with E-state index in [1.807, 2.05) is 18.2 Å². The summed E-state index contributed by atoms with van der Waals surface area (Å²) in [7, 11) is 0. The van der Waals surface area contributed by atoms with Crippen LogP contribution in [0.2, 0.25) is 0 Å². The van der Waals surface area contributed by atoms with E-state index in [2.05, 4.69) is 43.5 Å². The molecule has 1 heterocycles. The predicted molar refractivity (Wildman–Crippen MR) is 71.9 cm³/mol. The number of nitrogens with zero attached hydrogens (tertiary/aromatic N) is 1. The number of aromatic nitrogens is 1. The third-order valence-corrected chi connectivity index (χ3v) is 3.52. The Hall–Kier alpha value is -0.0700. The van der Waals surface area contributed by atoms with Crippen LogP contribution in [0.25, 0.3) is 11.3 Å². The summed E-state index contributed by atoms with van der Waals surface area (Å²) >= 11 is 11.3. The van der Waals surface area contributed by atoms with Crippen LogP contribution in [-0.4, -0.2) is 4.98 Å². The zero-order valence-corrected chi connectivity index (χ0v) is 12.0. The summed E-state index contributed by atoms with van der Waals surface area (Å²) in [5.41, 5.74) is 1.02. The highest BCUT2D eigenvalue weighted by Crippen LogP contribution is 2.29. The molecule has 78 valence electrons. The normalized spacial score (nSPS) is 10.6. The van der Waals surface area contributed by atoms with Gasteiger partial charge >= 0.3 is 0 Å². The molecule has 0 unspecified atom stereocenters. The van der Waals surface area contributed by atoms with Crippen molar-refractivity contribution in [3.05, 3.63) is 38.3 Å². The first-order valence-electron chi connectivity index (χ1n) is 4.17. The molecule has 0 N–H and O–H groups in total. The molecule has 0 radical (unpaired) electrons. The summed E-state index contributed by atoms with van der Waals surface area (Å²) < 4.78 is 7.62. The van der Waals surface area contributed by atoms with Crippen molar-refractivity contribution in [3.8, 4) is 11.3 Å². The summed E-state index contributed by atoms with van der Waals surface area (Å²) in [6.45, 7) is 0. The molecule has 15 heavy (non-hydrogen) atoms. The highest BCUT2D eigenvalue weighted by molar-refractivity contribution is 14.1. The van der Waals surface area contributed by atoms with Crippen LogP contribution in [0.1, 0.15) is 5.89 Å². The largest absolute Gasteiger partial charge is 0.439 e. The zero-order chi connectivity index (χ0) is 10.8. The Morgan fingerprint density at radius 1 is 1.47 bits per heavy atom. The maximum absolute atomic E-state index is 5.63. The van der Waals surface area contributed by atoms with E-state index >= 15 is 0 Å².